The van der Waals surface area contributed by atoms with Crippen molar-refractivity contribution in [2.75, 3.05) is 31.1 Å². The van der Waals surface area contributed by atoms with Crippen LogP contribution < -0.4 is 4.90 Å². The highest BCUT2D eigenvalue weighted by molar-refractivity contribution is 6.30. The summed E-state index contributed by atoms with van der Waals surface area (Å²) in [5.74, 6) is 0.384. The Morgan fingerprint density at radius 1 is 1.18 bits per heavy atom. The molecule has 0 radical (unpaired) electrons. The molecular weight excluding hydrogens is 319 g/mol. The standard InChI is InChI=1S/C12H13ClF3N3O.C2H6/c1-8(20)18-4-6-19(7-5-18)10-3-2-9(11(13)17-10)12(14,15)16;1-2/h2-3H,4-7H2,1H3;1-2H3. The molecule has 0 bridgehead atoms. The lowest BCUT2D eigenvalue weighted by molar-refractivity contribution is -0.137. The van der Waals surface area contributed by atoms with Gasteiger partial charge in [-0.3, -0.25) is 4.79 Å². The summed E-state index contributed by atoms with van der Waals surface area (Å²) in [6.07, 6.45) is -4.50. The highest BCUT2D eigenvalue weighted by atomic mass is 35.5. The number of alkyl halides is 3. The molecule has 1 fully saturated rings. The summed E-state index contributed by atoms with van der Waals surface area (Å²) in [6.45, 7) is 7.58. The van der Waals surface area contributed by atoms with Crippen LogP contribution in [-0.4, -0.2) is 42.0 Å². The summed E-state index contributed by atoms with van der Waals surface area (Å²) in [4.78, 5) is 18.5. The Kier molecular flexibility index (Phi) is 6.47. The Labute approximate surface area is 132 Å². The van der Waals surface area contributed by atoms with Gasteiger partial charge in [0.15, 0.2) is 0 Å². The van der Waals surface area contributed by atoms with E-state index in [1.807, 2.05) is 18.7 Å². The van der Waals surface area contributed by atoms with Crippen LogP contribution in [0.4, 0.5) is 19.0 Å². The molecule has 4 nitrogen and oxygen atoms in total. The number of halogens is 4. The van der Waals surface area contributed by atoms with Crippen LogP contribution >= 0.6 is 11.6 Å². The first-order valence-corrected chi connectivity index (χ1v) is 7.41. The first-order chi connectivity index (χ1) is 10.3. The van der Waals surface area contributed by atoms with Gasteiger partial charge in [0.05, 0.1) is 5.56 Å². The third-order valence-corrected chi connectivity index (χ3v) is 3.48. The largest absolute Gasteiger partial charge is 0.419 e. The molecule has 0 N–H and O–H groups in total. The molecular formula is C14H19ClF3N3O. The zero-order chi connectivity index (χ0) is 16.9. The summed E-state index contributed by atoms with van der Waals surface area (Å²) >= 11 is 5.59. The maximum Gasteiger partial charge on any atom is 0.419 e. The number of rotatable bonds is 1. The van der Waals surface area contributed by atoms with Gasteiger partial charge in [-0.25, -0.2) is 4.98 Å². The van der Waals surface area contributed by atoms with Gasteiger partial charge in [-0.1, -0.05) is 25.4 Å². The minimum Gasteiger partial charge on any atom is -0.353 e. The average molecular weight is 338 g/mol. The third kappa shape index (κ3) is 4.50. The smallest absolute Gasteiger partial charge is 0.353 e. The number of pyridine rings is 1. The molecule has 1 aliphatic rings. The monoisotopic (exact) mass is 337 g/mol. The Bertz CT molecular complexity index is 515. The number of hydrogen-bond acceptors (Lipinski definition) is 3. The second-order valence-corrected chi connectivity index (χ2v) is 4.86. The van der Waals surface area contributed by atoms with Crippen LogP contribution in [0.1, 0.15) is 26.3 Å². The average Bonchev–Trinajstić information content (AvgIpc) is 2.48. The fourth-order valence-corrected chi connectivity index (χ4v) is 2.32. The van der Waals surface area contributed by atoms with Crippen LogP contribution in [0.15, 0.2) is 12.1 Å². The summed E-state index contributed by atoms with van der Waals surface area (Å²) in [5.41, 5.74) is -0.940. The molecule has 1 aliphatic heterocycles. The molecule has 0 aliphatic carbocycles. The molecule has 0 spiro atoms. The van der Waals surface area contributed by atoms with E-state index in [1.165, 1.54) is 13.0 Å². The van der Waals surface area contributed by atoms with Gasteiger partial charge in [0.2, 0.25) is 5.91 Å². The van der Waals surface area contributed by atoms with Crippen molar-refractivity contribution in [3.8, 4) is 0 Å². The Balaban J connectivity index is 0.00000116. The fourth-order valence-electron chi connectivity index (χ4n) is 2.06. The molecule has 1 aromatic rings. The van der Waals surface area contributed by atoms with E-state index in [0.717, 1.165) is 6.07 Å². The number of carbonyl (C=O) groups is 1. The van der Waals surface area contributed by atoms with Crippen LogP contribution in [-0.2, 0) is 11.0 Å². The lowest BCUT2D eigenvalue weighted by Gasteiger charge is -2.35. The number of amides is 1. The van der Waals surface area contributed by atoms with Gasteiger partial charge in [0.1, 0.15) is 11.0 Å². The van der Waals surface area contributed by atoms with Crippen LogP contribution in [0.3, 0.4) is 0 Å². The van der Waals surface area contributed by atoms with E-state index in [0.29, 0.717) is 32.0 Å². The van der Waals surface area contributed by atoms with Crippen LogP contribution in [0, 0.1) is 0 Å². The Morgan fingerprint density at radius 3 is 2.14 bits per heavy atom. The van der Waals surface area contributed by atoms with Gasteiger partial charge in [-0.05, 0) is 12.1 Å². The van der Waals surface area contributed by atoms with Crippen LogP contribution in [0.25, 0.3) is 0 Å². The molecule has 0 saturated carbocycles. The first kappa shape index (κ1) is 18.5. The lowest BCUT2D eigenvalue weighted by atomic mass is 10.2. The molecule has 0 aromatic carbocycles. The maximum atomic E-state index is 12.6. The van der Waals surface area contributed by atoms with Gasteiger partial charge >= 0.3 is 6.18 Å². The van der Waals surface area contributed by atoms with E-state index >= 15 is 0 Å². The number of piperazine rings is 1. The topological polar surface area (TPSA) is 36.4 Å². The molecule has 22 heavy (non-hydrogen) atoms. The second kappa shape index (κ2) is 7.67. The van der Waals surface area contributed by atoms with E-state index in [4.69, 9.17) is 11.6 Å². The minimum absolute atomic E-state index is 0.0111. The summed E-state index contributed by atoms with van der Waals surface area (Å²) in [5, 5.41) is -0.552. The van der Waals surface area contributed by atoms with Crippen molar-refractivity contribution in [3.05, 3.63) is 22.8 Å². The Hall–Kier alpha value is -1.50. The highest BCUT2D eigenvalue weighted by Crippen LogP contribution is 2.34. The number of aromatic nitrogens is 1. The zero-order valence-electron chi connectivity index (χ0n) is 12.7. The zero-order valence-corrected chi connectivity index (χ0v) is 13.5. The number of anilines is 1. The van der Waals surface area contributed by atoms with Crippen LogP contribution in [0.5, 0.6) is 0 Å². The Morgan fingerprint density at radius 2 is 1.73 bits per heavy atom. The highest BCUT2D eigenvalue weighted by Gasteiger charge is 2.34. The number of nitrogens with zero attached hydrogens (tertiary/aromatic N) is 3. The first-order valence-electron chi connectivity index (χ1n) is 7.03. The molecule has 1 saturated heterocycles. The predicted molar refractivity (Wildman–Crippen MR) is 80.1 cm³/mol. The quantitative estimate of drug-likeness (QED) is 0.736. The van der Waals surface area contributed by atoms with E-state index < -0.39 is 16.9 Å². The molecule has 0 atom stereocenters. The van der Waals surface area contributed by atoms with Gasteiger partial charge < -0.3 is 9.80 Å². The number of hydrogen-bond donors (Lipinski definition) is 0. The predicted octanol–water partition coefficient (Wildman–Crippen LogP) is 3.45. The second-order valence-electron chi connectivity index (χ2n) is 4.50. The molecule has 1 aromatic heterocycles. The van der Waals surface area contributed by atoms with E-state index in [-0.39, 0.29) is 5.91 Å². The van der Waals surface area contributed by atoms with E-state index in [9.17, 15) is 18.0 Å². The van der Waals surface area contributed by atoms with Crippen molar-refractivity contribution < 1.29 is 18.0 Å². The van der Waals surface area contributed by atoms with Gasteiger partial charge in [-0.15, -0.1) is 0 Å². The molecule has 124 valence electrons. The van der Waals surface area contributed by atoms with Crippen molar-refractivity contribution >= 4 is 23.3 Å². The summed E-state index contributed by atoms with van der Waals surface area (Å²) in [6, 6.07) is 2.24. The van der Waals surface area contributed by atoms with Crippen molar-refractivity contribution in [2.24, 2.45) is 0 Å². The van der Waals surface area contributed by atoms with Crippen molar-refractivity contribution in [1.82, 2.24) is 9.88 Å². The van der Waals surface area contributed by atoms with E-state index in [2.05, 4.69) is 4.98 Å². The molecule has 2 heterocycles. The number of carbonyl (C=O) groups excluding carboxylic acids is 1. The SMILES string of the molecule is CC.CC(=O)N1CCN(c2ccc(C(F)(F)F)c(Cl)n2)CC1. The molecule has 8 heteroatoms. The lowest BCUT2D eigenvalue weighted by Crippen LogP contribution is -2.48. The van der Waals surface area contributed by atoms with E-state index in [1.54, 1.807) is 4.90 Å². The van der Waals surface area contributed by atoms with Crippen molar-refractivity contribution in [1.29, 1.82) is 0 Å². The van der Waals surface area contributed by atoms with Crippen molar-refractivity contribution in [2.45, 2.75) is 26.9 Å². The molecule has 2 rings (SSSR count). The van der Waals surface area contributed by atoms with Crippen molar-refractivity contribution in [3.63, 3.8) is 0 Å². The minimum atomic E-state index is -4.50. The third-order valence-electron chi connectivity index (χ3n) is 3.19. The maximum absolute atomic E-state index is 12.6. The normalized spacial score (nSPS) is 15.2. The van der Waals surface area contributed by atoms with Gasteiger partial charge in [0.25, 0.3) is 0 Å². The van der Waals surface area contributed by atoms with Crippen LogP contribution in [0.2, 0.25) is 5.15 Å². The van der Waals surface area contributed by atoms with Gasteiger partial charge in [-0.2, -0.15) is 13.2 Å². The summed E-state index contributed by atoms with van der Waals surface area (Å²) in [7, 11) is 0. The van der Waals surface area contributed by atoms with Gasteiger partial charge in [0, 0.05) is 33.1 Å². The fraction of sp³-hybridized carbons (Fsp3) is 0.571. The molecule has 1 amide bonds. The summed E-state index contributed by atoms with van der Waals surface area (Å²) < 4.78 is 37.7. The molecule has 0 unspecified atom stereocenters.